The van der Waals surface area contributed by atoms with Gasteiger partial charge in [0.05, 0.1) is 6.10 Å². The first-order chi connectivity index (χ1) is 7.05. The third kappa shape index (κ3) is 2.04. The summed E-state index contributed by atoms with van der Waals surface area (Å²) in [5.74, 6) is 0. The third-order valence-electron chi connectivity index (χ3n) is 4.32. The lowest BCUT2D eigenvalue weighted by Crippen LogP contribution is -2.61. The molecule has 1 N–H and O–H groups in total. The summed E-state index contributed by atoms with van der Waals surface area (Å²) in [6.07, 6.45) is 5.24. The highest BCUT2D eigenvalue weighted by atomic mass is 35.5. The van der Waals surface area contributed by atoms with Crippen LogP contribution in [-0.2, 0) is 4.74 Å². The topological polar surface area (TPSA) is 21.3 Å². The number of methoxy groups -OCH3 is 1. The van der Waals surface area contributed by atoms with E-state index in [9.17, 15) is 0 Å². The predicted molar refractivity (Wildman–Crippen MR) is 63.4 cm³/mol. The summed E-state index contributed by atoms with van der Waals surface area (Å²) in [6.45, 7) is 4.51. The van der Waals surface area contributed by atoms with Crippen molar-refractivity contribution in [3.05, 3.63) is 0 Å². The molecule has 2 nitrogen and oxygen atoms in total. The number of halogens is 1. The molecule has 0 aliphatic heterocycles. The lowest BCUT2D eigenvalue weighted by atomic mass is 9.66. The number of alkyl halides is 1. The molecule has 2 aliphatic rings. The van der Waals surface area contributed by atoms with E-state index in [2.05, 4.69) is 19.2 Å². The molecule has 2 saturated carbocycles. The molecule has 2 fully saturated rings. The van der Waals surface area contributed by atoms with E-state index < -0.39 is 0 Å². The Labute approximate surface area is 97.7 Å². The quantitative estimate of drug-likeness (QED) is 0.754. The smallest absolute Gasteiger partial charge is 0.0724 e. The Bertz CT molecular complexity index is 232. The van der Waals surface area contributed by atoms with Gasteiger partial charge in [0.25, 0.3) is 0 Å². The Kier molecular flexibility index (Phi) is 3.30. The van der Waals surface area contributed by atoms with Gasteiger partial charge >= 0.3 is 0 Å². The molecule has 2 aliphatic carbocycles. The van der Waals surface area contributed by atoms with Gasteiger partial charge in [0.1, 0.15) is 0 Å². The van der Waals surface area contributed by atoms with Gasteiger partial charge in [-0.2, -0.15) is 0 Å². The number of hydrogen-bond donors (Lipinski definition) is 1. The van der Waals surface area contributed by atoms with Crippen molar-refractivity contribution < 1.29 is 4.74 Å². The van der Waals surface area contributed by atoms with Crippen molar-refractivity contribution in [3.63, 3.8) is 0 Å². The molecule has 0 aromatic rings. The Morgan fingerprint density at radius 2 is 2.07 bits per heavy atom. The number of hydrogen-bond acceptors (Lipinski definition) is 2. The van der Waals surface area contributed by atoms with Gasteiger partial charge in [-0.15, -0.1) is 11.6 Å². The van der Waals surface area contributed by atoms with Crippen molar-refractivity contribution in [1.82, 2.24) is 5.32 Å². The minimum Gasteiger partial charge on any atom is -0.380 e. The van der Waals surface area contributed by atoms with Gasteiger partial charge in [-0.1, -0.05) is 13.8 Å². The van der Waals surface area contributed by atoms with Crippen LogP contribution in [0.1, 0.15) is 39.5 Å². The van der Waals surface area contributed by atoms with Crippen LogP contribution in [0.15, 0.2) is 0 Å². The van der Waals surface area contributed by atoms with Crippen molar-refractivity contribution in [2.75, 3.05) is 7.11 Å². The summed E-state index contributed by atoms with van der Waals surface area (Å²) >= 11 is 6.22. The van der Waals surface area contributed by atoms with E-state index in [0.717, 1.165) is 6.42 Å². The Hall–Kier alpha value is 0.210. The summed E-state index contributed by atoms with van der Waals surface area (Å²) in [5.41, 5.74) is 0.239. The maximum atomic E-state index is 6.22. The molecule has 15 heavy (non-hydrogen) atoms. The summed E-state index contributed by atoms with van der Waals surface area (Å²) in [5, 5.41) is 4.06. The van der Waals surface area contributed by atoms with E-state index in [4.69, 9.17) is 16.3 Å². The fourth-order valence-corrected chi connectivity index (χ4v) is 3.14. The zero-order chi connectivity index (χ0) is 11.1. The molecular weight excluding hydrogens is 210 g/mol. The van der Waals surface area contributed by atoms with Crippen LogP contribution in [0.4, 0.5) is 0 Å². The number of ether oxygens (including phenoxy) is 1. The van der Waals surface area contributed by atoms with E-state index in [0.29, 0.717) is 23.6 Å². The SMILES string of the molecule is COC1CCCC1NC1CC(Cl)C1(C)C. The average molecular weight is 232 g/mol. The van der Waals surface area contributed by atoms with Gasteiger partial charge in [0.2, 0.25) is 0 Å². The fourth-order valence-electron chi connectivity index (χ4n) is 2.81. The van der Waals surface area contributed by atoms with Crippen LogP contribution in [0.25, 0.3) is 0 Å². The highest BCUT2D eigenvalue weighted by Crippen LogP contribution is 2.45. The number of nitrogens with one attached hydrogen (secondary N) is 1. The van der Waals surface area contributed by atoms with Gasteiger partial charge < -0.3 is 10.1 Å². The summed E-state index contributed by atoms with van der Waals surface area (Å²) in [7, 11) is 1.82. The monoisotopic (exact) mass is 231 g/mol. The van der Waals surface area contributed by atoms with E-state index in [1.807, 2.05) is 7.11 Å². The zero-order valence-corrected chi connectivity index (χ0v) is 10.7. The zero-order valence-electron chi connectivity index (χ0n) is 9.92. The molecule has 4 atom stereocenters. The van der Waals surface area contributed by atoms with Crippen LogP contribution in [0.2, 0.25) is 0 Å². The molecule has 0 saturated heterocycles. The summed E-state index contributed by atoms with van der Waals surface area (Å²) in [6, 6.07) is 1.11. The van der Waals surface area contributed by atoms with Gasteiger partial charge in [-0.25, -0.2) is 0 Å². The lowest BCUT2D eigenvalue weighted by molar-refractivity contribution is 0.0482. The minimum atomic E-state index is 0.239. The van der Waals surface area contributed by atoms with E-state index >= 15 is 0 Å². The van der Waals surface area contributed by atoms with Crippen molar-refractivity contribution in [3.8, 4) is 0 Å². The molecule has 0 spiro atoms. The van der Waals surface area contributed by atoms with Crippen molar-refractivity contribution in [1.29, 1.82) is 0 Å². The van der Waals surface area contributed by atoms with E-state index in [1.54, 1.807) is 0 Å². The van der Waals surface area contributed by atoms with Gasteiger partial charge in [-0.05, 0) is 31.1 Å². The summed E-state index contributed by atoms with van der Waals surface area (Å²) < 4.78 is 5.49. The fraction of sp³-hybridized carbons (Fsp3) is 1.00. The van der Waals surface area contributed by atoms with Crippen LogP contribution in [0, 0.1) is 5.41 Å². The van der Waals surface area contributed by atoms with Crippen molar-refractivity contribution in [2.24, 2.45) is 5.41 Å². The molecular formula is C12H22ClNO. The normalized spacial score (nSPS) is 44.0. The Balaban J connectivity index is 1.87. The van der Waals surface area contributed by atoms with Crippen LogP contribution in [-0.4, -0.2) is 30.7 Å². The van der Waals surface area contributed by atoms with Crippen molar-refractivity contribution >= 4 is 11.6 Å². The minimum absolute atomic E-state index is 0.239. The first kappa shape index (κ1) is 11.7. The van der Waals surface area contributed by atoms with Crippen LogP contribution >= 0.6 is 11.6 Å². The van der Waals surface area contributed by atoms with Gasteiger partial charge in [-0.3, -0.25) is 0 Å². The third-order valence-corrected chi connectivity index (χ3v) is 5.06. The predicted octanol–water partition coefficient (Wildman–Crippen LogP) is 2.55. The highest BCUT2D eigenvalue weighted by molar-refractivity contribution is 6.21. The van der Waals surface area contributed by atoms with Gasteiger partial charge in [0, 0.05) is 24.6 Å². The van der Waals surface area contributed by atoms with Crippen LogP contribution in [0.5, 0.6) is 0 Å². The average Bonchev–Trinajstić information content (AvgIpc) is 2.65. The first-order valence-electron chi connectivity index (χ1n) is 5.98. The second-order valence-corrected chi connectivity index (χ2v) is 6.08. The van der Waals surface area contributed by atoms with Crippen molar-refractivity contribution in [2.45, 2.75) is 63.1 Å². The van der Waals surface area contributed by atoms with E-state index in [-0.39, 0.29) is 5.41 Å². The van der Waals surface area contributed by atoms with E-state index in [1.165, 1.54) is 19.3 Å². The van der Waals surface area contributed by atoms with Crippen LogP contribution < -0.4 is 5.32 Å². The standard InChI is InChI=1S/C12H22ClNO/c1-12(2)10(13)7-11(12)14-8-5-4-6-9(8)15-3/h8-11,14H,4-7H2,1-3H3. The molecule has 0 aromatic carbocycles. The maximum absolute atomic E-state index is 6.22. The first-order valence-corrected chi connectivity index (χ1v) is 6.42. The second-order valence-electron chi connectivity index (χ2n) is 5.56. The highest BCUT2D eigenvalue weighted by Gasteiger charge is 2.48. The Morgan fingerprint density at radius 3 is 2.60 bits per heavy atom. The molecule has 88 valence electrons. The lowest BCUT2D eigenvalue weighted by Gasteiger charge is -2.51. The largest absolute Gasteiger partial charge is 0.380 e. The number of rotatable bonds is 3. The molecule has 0 radical (unpaired) electrons. The van der Waals surface area contributed by atoms with Gasteiger partial charge in [0.15, 0.2) is 0 Å². The van der Waals surface area contributed by atoms with Crippen LogP contribution in [0.3, 0.4) is 0 Å². The molecule has 0 aromatic heterocycles. The molecule has 0 amide bonds. The molecule has 3 heteroatoms. The molecule has 0 heterocycles. The maximum Gasteiger partial charge on any atom is 0.0724 e. The molecule has 0 bridgehead atoms. The molecule has 4 unspecified atom stereocenters. The second kappa shape index (κ2) is 4.23. The summed E-state index contributed by atoms with van der Waals surface area (Å²) in [4.78, 5) is 0. The Morgan fingerprint density at radius 1 is 1.33 bits per heavy atom. The molecule has 2 rings (SSSR count).